The fourth-order valence-electron chi connectivity index (χ4n) is 7.64. The molecule has 17 unspecified atom stereocenters. The van der Waals surface area contributed by atoms with Gasteiger partial charge < -0.3 is 89.9 Å². The highest BCUT2D eigenvalue weighted by Crippen LogP contribution is 2.33. The minimum Gasteiger partial charge on any atom is -0.394 e. The van der Waals surface area contributed by atoms with Gasteiger partial charge in [0.1, 0.15) is 73.2 Å². The first-order valence-corrected chi connectivity index (χ1v) is 22.6. The molecule has 17 atom stereocenters. The third-order valence-electron chi connectivity index (χ3n) is 11.5. The summed E-state index contributed by atoms with van der Waals surface area (Å²) in [5.41, 5.74) is 0. The van der Waals surface area contributed by atoms with E-state index in [2.05, 4.69) is 43.5 Å². The SMILES string of the molecule is CCC/C=C\C/C=C\CCCCCCCC(=O)NC(COC1OC(CO)C(OC2OC(CO)C(OC3OC(CO)C(O)C(O)C3O)C(O)C2O)C(O)C1O)C(O)CCCCCC. The molecule has 0 bridgehead atoms. The van der Waals surface area contributed by atoms with E-state index in [4.69, 9.17) is 28.4 Å². The number of aliphatic hydroxyl groups excluding tert-OH is 11. The van der Waals surface area contributed by atoms with E-state index in [9.17, 15) is 61.0 Å². The molecule has 3 rings (SSSR count). The van der Waals surface area contributed by atoms with E-state index in [1.165, 1.54) is 0 Å². The van der Waals surface area contributed by atoms with Crippen molar-refractivity contribution in [2.75, 3.05) is 26.4 Å². The molecule has 0 radical (unpaired) electrons. The molecule has 3 saturated heterocycles. The van der Waals surface area contributed by atoms with Crippen molar-refractivity contribution in [3.05, 3.63) is 24.3 Å². The van der Waals surface area contributed by atoms with E-state index < -0.39 is 124 Å². The molecule has 62 heavy (non-hydrogen) atoms. The summed E-state index contributed by atoms with van der Waals surface area (Å²) in [6.45, 7) is 1.50. The lowest BCUT2D eigenvalue weighted by molar-refractivity contribution is -0.379. The summed E-state index contributed by atoms with van der Waals surface area (Å²) in [6.07, 6.45) is -4.63. The van der Waals surface area contributed by atoms with Crippen LogP contribution >= 0.6 is 0 Å². The molecule has 1 amide bonds. The number of aliphatic hydroxyl groups is 11. The standard InChI is InChI=1S/C43H77NO18/c1-3-5-7-9-10-11-12-13-14-15-16-17-19-21-31(49)44-26(27(48)20-18-8-6-4-2)25-57-41-37(55)34(52)39(29(23-46)59-41)62-43-38(56)35(53)40(30(24-47)60-43)61-42-36(54)33(51)32(50)28(22-45)58-42/h7,9,11-12,26-30,32-43,45-48,50-56H,3-6,8,10,13-25H2,1-2H3,(H,44,49)/b9-7-,12-11-. The smallest absolute Gasteiger partial charge is 0.220 e. The maximum Gasteiger partial charge on any atom is 0.220 e. The Kier molecular flexibility index (Phi) is 26.2. The van der Waals surface area contributed by atoms with Crippen LogP contribution in [-0.2, 0) is 33.2 Å². The second kappa shape index (κ2) is 29.7. The quantitative estimate of drug-likeness (QED) is 0.0326. The summed E-state index contributed by atoms with van der Waals surface area (Å²) in [6, 6.07) is -0.886. The fourth-order valence-corrected chi connectivity index (χ4v) is 7.64. The first-order valence-electron chi connectivity index (χ1n) is 22.6. The number of allylic oxidation sites excluding steroid dienone is 4. The predicted molar refractivity (Wildman–Crippen MR) is 222 cm³/mol. The van der Waals surface area contributed by atoms with Crippen molar-refractivity contribution < 1.29 is 89.4 Å². The minimum atomic E-state index is -1.97. The van der Waals surface area contributed by atoms with Crippen molar-refractivity contribution in [2.24, 2.45) is 0 Å². The Balaban J connectivity index is 1.55. The molecule has 0 aromatic heterocycles. The van der Waals surface area contributed by atoms with Crippen LogP contribution in [0.1, 0.15) is 110 Å². The molecule has 3 heterocycles. The average molecular weight is 896 g/mol. The summed E-state index contributed by atoms with van der Waals surface area (Å²) in [7, 11) is 0. The van der Waals surface area contributed by atoms with Crippen molar-refractivity contribution >= 4 is 5.91 Å². The molecular formula is C43H77NO18. The molecular weight excluding hydrogens is 818 g/mol. The number of nitrogens with one attached hydrogen (secondary N) is 1. The summed E-state index contributed by atoms with van der Waals surface area (Å²) in [5.74, 6) is -0.271. The second-order valence-corrected chi connectivity index (χ2v) is 16.5. The van der Waals surface area contributed by atoms with Gasteiger partial charge in [-0.3, -0.25) is 4.79 Å². The number of amides is 1. The van der Waals surface area contributed by atoms with Gasteiger partial charge in [0, 0.05) is 6.42 Å². The van der Waals surface area contributed by atoms with Crippen molar-refractivity contribution in [2.45, 2.75) is 214 Å². The largest absolute Gasteiger partial charge is 0.394 e. The predicted octanol–water partition coefficient (Wildman–Crippen LogP) is -0.699. The summed E-state index contributed by atoms with van der Waals surface area (Å²) in [5, 5.41) is 119. The number of carbonyl (C=O) groups is 1. The van der Waals surface area contributed by atoms with E-state index >= 15 is 0 Å². The van der Waals surface area contributed by atoms with Gasteiger partial charge in [-0.1, -0.05) is 89.5 Å². The Labute approximate surface area is 365 Å². The zero-order valence-electron chi connectivity index (χ0n) is 36.3. The van der Waals surface area contributed by atoms with E-state index in [-0.39, 0.29) is 18.9 Å². The Hall–Kier alpha value is -1.73. The first kappa shape index (κ1) is 54.6. The monoisotopic (exact) mass is 896 g/mol. The van der Waals surface area contributed by atoms with Crippen LogP contribution in [0.25, 0.3) is 0 Å². The second-order valence-electron chi connectivity index (χ2n) is 16.5. The fraction of sp³-hybridized carbons (Fsp3) is 0.884. The molecule has 0 aromatic rings. The molecule has 19 heteroatoms. The Morgan fingerprint density at radius 1 is 0.581 bits per heavy atom. The molecule has 0 aliphatic carbocycles. The number of ether oxygens (including phenoxy) is 6. The van der Waals surface area contributed by atoms with Gasteiger partial charge in [-0.05, 0) is 38.5 Å². The van der Waals surface area contributed by atoms with Gasteiger partial charge in [-0.25, -0.2) is 0 Å². The summed E-state index contributed by atoms with van der Waals surface area (Å²) >= 11 is 0. The van der Waals surface area contributed by atoms with Crippen LogP contribution < -0.4 is 5.32 Å². The lowest BCUT2D eigenvalue weighted by Crippen LogP contribution is -2.66. The lowest BCUT2D eigenvalue weighted by atomic mass is 9.96. The van der Waals surface area contributed by atoms with Gasteiger partial charge >= 0.3 is 0 Å². The highest BCUT2D eigenvalue weighted by atomic mass is 16.8. The van der Waals surface area contributed by atoms with E-state index in [1.807, 2.05) is 0 Å². The molecule has 3 aliphatic rings. The Morgan fingerprint density at radius 2 is 1.10 bits per heavy atom. The molecule has 19 nitrogen and oxygen atoms in total. The molecule has 0 aromatic carbocycles. The highest BCUT2D eigenvalue weighted by Gasteiger charge is 2.53. The van der Waals surface area contributed by atoms with Crippen molar-refractivity contribution in [1.29, 1.82) is 0 Å². The maximum absolute atomic E-state index is 13.0. The summed E-state index contributed by atoms with van der Waals surface area (Å²) in [4.78, 5) is 13.0. The Morgan fingerprint density at radius 3 is 1.69 bits per heavy atom. The van der Waals surface area contributed by atoms with Crippen LogP contribution in [0.4, 0.5) is 0 Å². The number of hydrogen-bond donors (Lipinski definition) is 12. The van der Waals surface area contributed by atoms with Gasteiger partial charge in [0.15, 0.2) is 18.9 Å². The third kappa shape index (κ3) is 16.9. The van der Waals surface area contributed by atoms with Crippen LogP contribution in [0.5, 0.6) is 0 Å². The number of hydrogen-bond acceptors (Lipinski definition) is 18. The molecule has 12 N–H and O–H groups in total. The van der Waals surface area contributed by atoms with Gasteiger partial charge in [-0.2, -0.15) is 0 Å². The van der Waals surface area contributed by atoms with Gasteiger partial charge in [0.05, 0.1) is 38.6 Å². The normalized spacial score (nSPS) is 35.4. The molecule has 3 aliphatic heterocycles. The van der Waals surface area contributed by atoms with Crippen LogP contribution in [0.3, 0.4) is 0 Å². The van der Waals surface area contributed by atoms with Crippen LogP contribution in [0.2, 0.25) is 0 Å². The van der Waals surface area contributed by atoms with Gasteiger partial charge in [0.25, 0.3) is 0 Å². The van der Waals surface area contributed by atoms with Gasteiger partial charge in [0.2, 0.25) is 5.91 Å². The number of carbonyl (C=O) groups excluding carboxylic acids is 1. The Bertz CT molecular complexity index is 1260. The first-order chi connectivity index (χ1) is 29.8. The molecule has 0 spiro atoms. The van der Waals surface area contributed by atoms with Crippen LogP contribution in [-0.4, -0.2) is 193 Å². The zero-order chi connectivity index (χ0) is 45.6. The average Bonchev–Trinajstić information content (AvgIpc) is 3.27. The number of unbranched alkanes of at least 4 members (excludes halogenated alkanes) is 9. The minimum absolute atomic E-state index is 0.247. The van der Waals surface area contributed by atoms with Crippen molar-refractivity contribution in [3.8, 4) is 0 Å². The van der Waals surface area contributed by atoms with Crippen LogP contribution in [0.15, 0.2) is 24.3 Å². The third-order valence-corrected chi connectivity index (χ3v) is 11.5. The highest BCUT2D eigenvalue weighted by molar-refractivity contribution is 5.76. The number of rotatable bonds is 29. The van der Waals surface area contributed by atoms with Gasteiger partial charge in [-0.15, -0.1) is 0 Å². The zero-order valence-corrected chi connectivity index (χ0v) is 36.3. The maximum atomic E-state index is 13.0. The lowest BCUT2D eigenvalue weighted by Gasteiger charge is -2.48. The van der Waals surface area contributed by atoms with E-state index in [0.717, 1.165) is 70.6 Å². The molecule has 362 valence electrons. The molecule has 3 fully saturated rings. The summed E-state index contributed by atoms with van der Waals surface area (Å²) < 4.78 is 33.9. The van der Waals surface area contributed by atoms with E-state index in [1.54, 1.807) is 0 Å². The van der Waals surface area contributed by atoms with Crippen molar-refractivity contribution in [1.82, 2.24) is 5.32 Å². The van der Waals surface area contributed by atoms with Crippen molar-refractivity contribution in [3.63, 3.8) is 0 Å². The molecule has 0 saturated carbocycles. The van der Waals surface area contributed by atoms with Crippen LogP contribution in [0, 0.1) is 0 Å². The topological polar surface area (TPSA) is 307 Å². The van der Waals surface area contributed by atoms with E-state index in [0.29, 0.717) is 19.3 Å².